The van der Waals surface area contributed by atoms with Crippen molar-refractivity contribution in [2.45, 2.75) is 20.8 Å². The lowest BCUT2D eigenvalue weighted by molar-refractivity contribution is 0.103. The molecular formula is C13H16O2. The van der Waals surface area contributed by atoms with Gasteiger partial charge in [0.05, 0.1) is 7.11 Å². The van der Waals surface area contributed by atoms with E-state index in [1.165, 1.54) is 0 Å². The van der Waals surface area contributed by atoms with Crippen LogP contribution in [0.3, 0.4) is 0 Å². The molecule has 2 nitrogen and oxygen atoms in total. The highest BCUT2D eigenvalue weighted by atomic mass is 16.5. The average Bonchev–Trinajstić information content (AvgIpc) is 2.21. The average molecular weight is 204 g/mol. The fourth-order valence-corrected chi connectivity index (χ4v) is 1.49. The molecule has 1 aromatic carbocycles. The number of ketones is 1. The second-order valence-electron chi connectivity index (χ2n) is 3.67. The van der Waals surface area contributed by atoms with Crippen molar-refractivity contribution in [3.63, 3.8) is 0 Å². The maximum atomic E-state index is 11.8. The van der Waals surface area contributed by atoms with Gasteiger partial charge < -0.3 is 4.74 Å². The predicted molar refractivity (Wildman–Crippen MR) is 61.6 cm³/mol. The fourth-order valence-electron chi connectivity index (χ4n) is 1.49. The summed E-state index contributed by atoms with van der Waals surface area (Å²) in [5, 5.41) is 0. The number of allylic oxidation sites excluding steroid dienone is 1. The minimum absolute atomic E-state index is 0.00162. The molecule has 0 heterocycles. The minimum atomic E-state index is -0.00162. The zero-order valence-electron chi connectivity index (χ0n) is 9.68. The molecule has 0 fully saturated rings. The van der Waals surface area contributed by atoms with E-state index in [1.807, 2.05) is 19.9 Å². The Morgan fingerprint density at radius 3 is 2.33 bits per heavy atom. The number of benzene rings is 1. The van der Waals surface area contributed by atoms with Gasteiger partial charge >= 0.3 is 0 Å². The molecule has 1 aromatic rings. The Hall–Kier alpha value is -1.57. The van der Waals surface area contributed by atoms with Crippen LogP contribution in [0, 0.1) is 13.8 Å². The van der Waals surface area contributed by atoms with E-state index in [2.05, 4.69) is 6.58 Å². The van der Waals surface area contributed by atoms with Crippen molar-refractivity contribution in [2.75, 3.05) is 7.11 Å². The van der Waals surface area contributed by atoms with Gasteiger partial charge in [-0.25, -0.2) is 0 Å². The SMILES string of the molecule is C=C(C)C(=O)c1ccc(OC)c(C)c1C. The third-order valence-corrected chi connectivity index (χ3v) is 2.59. The maximum Gasteiger partial charge on any atom is 0.188 e. The zero-order chi connectivity index (χ0) is 11.6. The first-order valence-corrected chi connectivity index (χ1v) is 4.83. The number of carbonyl (C=O) groups excluding carboxylic acids is 1. The smallest absolute Gasteiger partial charge is 0.188 e. The second-order valence-corrected chi connectivity index (χ2v) is 3.67. The summed E-state index contributed by atoms with van der Waals surface area (Å²) in [5.41, 5.74) is 3.23. The second kappa shape index (κ2) is 4.30. The van der Waals surface area contributed by atoms with Crippen molar-refractivity contribution in [3.8, 4) is 5.75 Å². The van der Waals surface area contributed by atoms with Crippen LogP contribution in [0.2, 0.25) is 0 Å². The van der Waals surface area contributed by atoms with E-state index in [1.54, 1.807) is 20.1 Å². The van der Waals surface area contributed by atoms with Crippen LogP contribution in [0.4, 0.5) is 0 Å². The number of carbonyl (C=O) groups is 1. The quantitative estimate of drug-likeness (QED) is 0.558. The molecule has 2 heteroatoms. The van der Waals surface area contributed by atoms with Gasteiger partial charge in [0.1, 0.15) is 5.75 Å². The van der Waals surface area contributed by atoms with E-state index in [-0.39, 0.29) is 5.78 Å². The summed E-state index contributed by atoms with van der Waals surface area (Å²) in [5.74, 6) is 0.809. The number of hydrogen-bond acceptors (Lipinski definition) is 2. The molecule has 0 saturated heterocycles. The van der Waals surface area contributed by atoms with Crippen LogP contribution in [0.15, 0.2) is 24.3 Å². The monoisotopic (exact) mass is 204 g/mol. The van der Waals surface area contributed by atoms with Crippen molar-refractivity contribution >= 4 is 5.78 Å². The van der Waals surface area contributed by atoms with Gasteiger partial charge in [-0.2, -0.15) is 0 Å². The Morgan fingerprint density at radius 1 is 1.27 bits per heavy atom. The van der Waals surface area contributed by atoms with Gasteiger partial charge in [-0.15, -0.1) is 0 Å². The standard InChI is InChI=1S/C13H16O2/c1-8(2)13(14)11-6-7-12(15-5)10(4)9(11)3/h6-7H,1H2,2-5H3. The zero-order valence-corrected chi connectivity index (χ0v) is 9.68. The lowest BCUT2D eigenvalue weighted by atomic mass is 9.96. The third kappa shape index (κ3) is 2.09. The predicted octanol–water partition coefficient (Wildman–Crippen LogP) is 3.07. The van der Waals surface area contributed by atoms with Crippen LogP contribution in [0.25, 0.3) is 0 Å². The molecule has 0 radical (unpaired) electrons. The third-order valence-electron chi connectivity index (χ3n) is 2.59. The maximum absolute atomic E-state index is 11.8. The first-order chi connectivity index (χ1) is 6.99. The number of Topliss-reactive ketones (excluding diaryl/α,β-unsaturated/α-hetero) is 1. The van der Waals surface area contributed by atoms with E-state index in [4.69, 9.17) is 4.74 Å². The van der Waals surface area contributed by atoms with Gasteiger partial charge in [-0.3, -0.25) is 4.79 Å². The molecule has 0 N–H and O–H groups in total. The van der Waals surface area contributed by atoms with Crippen LogP contribution >= 0.6 is 0 Å². The summed E-state index contributed by atoms with van der Waals surface area (Å²) in [4.78, 5) is 11.8. The number of ether oxygens (including phenoxy) is 1. The van der Waals surface area contributed by atoms with E-state index in [0.29, 0.717) is 11.1 Å². The molecule has 0 amide bonds. The highest BCUT2D eigenvalue weighted by Gasteiger charge is 2.13. The minimum Gasteiger partial charge on any atom is -0.496 e. The van der Waals surface area contributed by atoms with Crippen molar-refractivity contribution in [3.05, 3.63) is 41.0 Å². The Morgan fingerprint density at radius 2 is 1.87 bits per heavy atom. The highest BCUT2D eigenvalue weighted by molar-refractivity contribution is 6.09. The van der Waals surface area contributed by atoms with Gasteiger partial charge in [0.2, 0.25) is 0 Å². The molecule has 0 unspecified atom stereocenters. The van der Waals surface area contributed by atoms with Crippen molar-refractivity contribution < 1.29 is 9.53 Å². The van der Waals surface area contributed by atoms with Crippen LogP contribution in [-0.4, -0.2) is 12.9 Å². The number of hydrogen-bond donors (Lipinski definition) is 0. The Balaban J connectivity index is 3.29. The molecule has 80 valence electrons. The van der Waals surface area contributed by atoms with Crippen molar-refractivity contribution in [1.29, 1.82) is 0 Å². The summed E-state index contributed by atoms with van der Waals surface area (Å²) in [7, 11) is 1.63. The molecule has 0 aliphatic heterocycles. The molecule has 0 atom stereocenters. The summed E-state index contributed by atoms with van der Waals surface area (Å²) < 4.78 is 5.19. The Kier molecular flexibility index (Phi) is 3.30. The van der Waals surface area contributed by atoms with Crippen LogP contribution in [0.5, 0.6) is 5.75 Å². The largest absolute Gasteiger partial charge is 0.496 e. The summed E-state index contributed by atoms with van der Waals surface area (Å²) in [6.07, 6.45) is 0. The Bertz CT molecular complexity index is 417. The topological polar surface area (TPSA) is 26.3 Å². The molecule has 0 aliphatic rings. The number of methoxy groups -OCH3 is 1. The molecule has 0 saturated carbocycles. The molecule has 0 bridgehead atoms. The fraction of sp³-hybridized carbons (Fsp3) is 0.308. The van der Waals surface area contributed by atoms with Gasteiger partial charge in [-0.1, -0.05) is 6.58 Å². The van der Waals surface area contributed by atoms with E-state index >= 15 is 0 Å². The van der Waals surface area contributed by atoms with Crippen molar-refractivity contribution in [1.82, 2.24) is 0 Å². The molecule has 15 heavy (non-hydrogen) atoms. The number of rotatable bonds is 3. The van der Waals surface area contributed by atoms with Gasteiger partial charge in [0.15, 0.2) is 5.78 Å². The van der Waals surface area contributed by atoms with E-state index in [9.17, 15) is 4.79 Å². The summed E-state index contributed by atoms with van der Waals surface area (Å²) in [6, 6.07) is 3.61. The lowest BCUT2D eigenvalue weighted by Gasteiger charge is -2.11. The van der Waals surface area contributed by atoms with Crippen molar-refractivity contribution in [2.24, 2.45) is 0 Å². The Labute approximate surface area is 90.6 Å². The highest BCUT2D eigenvalue weighted by Crippen LogP contribution is 2.25. The molecule has 1 rings (SSSR count). The summed E-state index contributed by atoms with van der Waals surface area (Å²) in [6.45, 7) is 9.26. The van der Waals surface area contributed by atoms with E-state index < -0.39 is 0 Å². The van der Waals surface area contributed by atoms with Crippen LogP contribution in [-0.2, 0) is 0 Å². The molecular weight excluding hydrogens is 188 g/mol. The van der Waals surface area contributed by atoms with E-state index in [0.717, 1.165) is 16.9 Å². The first-order valence-electron chi connectivity index (χ1n) is 4.83. The normalized spacial score (nSPS) is 9.87. The molecule has 0 spiro atoms. The summed E-state index contributed by atoms with van der Waals surface area (Å²) >= 11 is 0. The molecule has 0 aliphatic carbocycles. The van der Waals surface area contributed by atoms with Crippen LogP contribution < -0.4 is 4.74 Å². The van der Waals surface area contributed by atoms with Crippen LogP contribution in [0.1, 0.15) is 28.4 Å². The van der Waals surface area contributed by atoms with Gasteiger partial charge in [-0.05, 0) is 49.6 Å². The first kappa shape index (κ1) is 11.5. The lowest BCUT2D eigenvalue weighted by Crippen LogP contribution is -2.04. The van der Waals surface area contributed by atoms with Gasteiger partial charge in [0.25, 0.3) is 0 Å². The molecule has 0 aromatic heterocycles. The van der Waals surface area contributed by atoms with Gasteiger partial charge in [0, 0.05) is 5.56 Å².